The second-order valence-corrected chi connectivity index (χ2v) is 7.99. The van der Waals surface area contributed by atoms with Gasteiger partial charge in [0.25, 0.3) is 0 Å². The zero-order valence-electron chi connectivity index (χ0n) is 10.3. The van der Waals surface area contributed by atoms with Crippen LogP contribution in [0.25, 0.3) is 0 Å². The van der Waals surface area contributed by atoms with Crippen molar-refractivity contribution in [3.05, 3.63) is 44.6 Å². The molecule has 0 saturated carbocycles. The van der Waals surface area contributed by atoms with Crippen LogP contribution in [0.4, 0.5) is 5.69 Å². The number of halogens is 2. The van der Waals surface area contributed by atoms with E-state index in [1.54, 1.807) is 6.07 Å². The molecule has 0 aliphatic rings. The molecule has 0 amide bonds. The Kier molecular flexibility index (Phi) is 4.93. The topological polar surface area (TPSA) is 72.2 Å². The van der Waals surface area contributed by atoms with Gasteiger partial charge in [0.2, 0.25) is 10.0 Å². The van der Waals surface area contributed by atoms with Gasteiger partial charge in [0.05, 0.1) is 9.36 Å². The number of sulfonamides is 1. The van der Waals surface area contributed by atoms with E-state index in [-0.39, 0.29) is 16.5 Å². The lowest BCUT2D eigenvalue weighted by molar-refractivity contribution is 0.582. The molecule has 3 N–H and O–H groups in total. The highest BCUT2D eigenvalue weighted by atomic mass is 35.5. The van der Waals surface area contributed by atoms with E-state index in [1.165, 1.54) is 29.5 Å². The van der Waals surface area contributed by atoms with Crippen LogP contribution in [0, 0.1) is 0 Å². The molecule has 2 aromatic rings. The number of thiophene rings is 1. The first-order valence-electron chi connectivity index (χ1n) is 5.67. The van der Waals surface area contributed by atoms with Crippen molar-refractivity contribution in [3.63, 3.8) is 0 Å². The van der Waals surface area contributed by atoms with E-state index in [0.29, 0.717) is 16.4 Å². The molecule has 1 aromatic carbocycles. The van der Waals surface area contributed by atoms with Gasteiger partial charge < -0.3 is 5.73 Å². The molecule has 0 aliphatic heterocycles. The molecule has 0 fully saturated rings. The SMILES string of the molecule is Nc1ccc(S(=O)(=O)NCCc2ccc(Cl)s2)c(Cl)c1. The van der Waals surface area contributed by atoms with E-state index in [4.69, 9.17) is 28.9 Å². The fourth-order valence-corrected chi connectivity index (χ4v) is 4.28. The lowest BCUT2D eigenvalue weighted by Crippen LogP contribution is -2.26. The van der Waals surface area contributed by atoms with Crippen molar-refractivity contribution in [2.24, 2.45) is 0 Å². The van der Waals surface area contributed by atoms with Gasteiger partial charge in [-0.25, -0.2) is 13.1 Å². The highest BCUT2D eigenvalue weighted by molar-refractivity contribution is 7.89. The minimum Gasteiger partial charge on any atom is -0.399 e. The van der Waals surface area contributed by atoms with Gasteiger partial charge in [0, 0.05) is 17.1 Å². The third-order valence-electron chi connectivity index (χ3n) is 2.54. The minimum absolute atomic E-state index is 0.0255. The van der Waals surface area contributed by atoms with Crippen molar-refractivity contribution in [1.29, 1.82) is 0 Å². The summed E-state index contributed by atoms with van der Waals surface area (Å²) in [5.41, 5.74) is 5.96. The zero-order chi connectivity index (χ0) is 14.8. The molecule has 0 radical (unpaired) electrons. The van der Waals surface area contributed by atoms with E-state index >= 15 is 0 Å². The summed E-state index contributed by atoms with van der Waals surface area (Å²) < 4.78 is 27.4. The van der Waals surface area contributed by atoms with E-state index < -0.39 is 10.0 Å². The summed E-state index contributed by atoms with van der Waals surface area (Å²) in [6.45, 7) is 0.278. The van der Waals surface area contributed by atoms with Crippen LogP contribution < -0.4 is 10.5 Å². The lowest BCUT2D eigenvalue weighted by Gasteiger charge is -2.08. The second-order valence-electron chi connectivity index (χ2n) is 4.04. The fourth-order valence-electron chi connectivity index (χ4n) is 1.61. The van der Waals surface area contributed by atoms with Gasteiger partial charge in [-0.1, -0.05) is 23.2 Å². The quantitative estimate of drug-likeness (QED) is 0.813. The third-order valence-corrected chi connectivity index (χ3v) is 5.77. The summed E-state index contributed by atoms with van der Waals surface area (Å²) in [5.74, 6) is 0. The summed E-state index contributed by atoms with van der Waals surface area (Å²) >= 11 is 13.1. The van der Waals surface area contributed by atoms with Gasteiger partial charge in [-0.3, -0.25) is 0 Å². The van der Waals surface area contributed by atoms with Crippen molar-refractivity contribution in [3.8, 4) is 0 Å². The molecule has 1 heterocycles. The van der Waals surface area contributed by atoms with Crippen LogP contribution in [-0.4, -0.2) is 15.0 Å². The first-order chi connectivity index (χ1) is 9.38. The van der Waals surface area contributed by atoms with Gasteiger partial charge in [-0.2, -0.15) is 0 Å². The summed E-state index contributed by atoms with van der Waals surface area (Å²) in [6.07, 6.45) is 0.573. The molecular formula is C12H12Cl2N2O2S2. The van der Waals surface area contributed by atoms with Crippen molar-refractivity contribution >= 4 is 50.2 Å². The molecule has 0 spiro atoms. The van der Waals surface area contributed by atoms with Gasteiger partial charge in [0.15, 0.2) is 0 Å². The van der Waals surface area contributed by atoms with E-state index in [9.17, 15) is 8.42 Å². The molecule has 0 unspecified atom stereocenters. The molecule has 0 aliphatic carbocycles. The number of hydrogen-bond acceptors (Lipinski definition) is 4. The Bertz CT molecular complexity index is 714. The average molecular weight is 351 g/mol. The fraction of sp³-hybridized carbons (Fsp3) is 0.167. The molecule has 8 heteroatoms. The number of rotatable bonds is 5. The van der Waals surface area contributed by atoms with E-state index in [0.717, 1.165) is 4.88 Å². The summed E-state index contributed by atoms with van der Waals surface area (Å²) in [5, 5.41) is 0.108. The van der Waals surface area contributed by atoms with Crippen molar-refractivity contribution in [1.82, 2.24) is 4.72 Å². The Morgan fingerprint density at radius 1 is 1.20 bits per heavy atom. The maximum atomic E-state index is 12.1. The summed E-state index contributed by atoms with van der Waals surface area (Å²) in [7, 11) is -3.64. The number of hydrogen-bond donors (Lipinski definition) is 2. The molecular weight excluding hydrogens is 339 g/mol. The van der Waals surface area contributed by atoms with Crippen molar-refractivity contribution in [2.45, 2.75) is 11.3 Å². The first kappa shape index (κ1) is 15.6. The highest BCUT2D eigenvalue weighted by Gasteiger charge is 2.17. The number of benzene rings is 1. The normalized spacial score (nSPS) is 11.7. The number of nitrogens with one attached hydrogen (secondary N) is 1. The third kappa shape index (κ3) is 3.86. The van der Waals surface area contributed by atoms with Crippen LogP contribution >= 0.6 is 34.5 Å². The van der Waals surface area contributed by atoms with Crippen LogP contribution in [0.1, 0.15) is 4.88 Å². The van der Waals surface area contributed by atoms with Crippen LogP contribution in [0.15, 0.2) is 35.2 Å². The predicted octanol–water partition coefficient (Wildman–Crippen LogP) is 3.16. The van der Waals surface area contributed by atoms with Crippen LogP contribution in [-0.2, 0) is 16.4 Å². The Morgan fingerprint density at radius 3 is 2.55 bits per heavy atom. The molecule has 0 bridgehead atoms. The van der Waals surface area contributed by atoms with Crippen molar-refractivity contribution < 1.29 is 8.42 Å². The molecule has 1 aromatic heterocycles. The van der Waals surface area contributed by atoms with Crippen molar-refractivity contribution in [2.75, 3.05) is 12.3 Å². The van der Waals surface area contributed by atoms with Gasteiger partial charge >= 0.3 is 0 Å². The number of nitrogens with two attached hydrogens (primary N) is 1. The Morgan fingerprint density at radius 2 is 1.95 bits per heavy atom. The lowest BCUT2D eigenvalue weighted by atomic mass is 10.3. The smallest absolute Gasteiger partial charge is 0.242 e. The maximum absolute atomic E-state index is 12.1. The first-order valence-corrected chi connectivity index (χ1v) is 8.73. The standard InChI is InChI=1S/C12H12Cl2N2O2S2/c13-10-7-8(15)1-3-11(10)20(17,18)16-6-5-9-2-4-12(14)19-9/h1-4,7,16H,5-6,15H2. The van der Waals surface area contributed by atoms with Crippen LogP contribution in [0.5, 0.6) is 0 Å². The predicted molar refractivity (Wildman–Crippen MR) is 84.1 cm³/mol. The van der Waals surface area contributed by atoms with Crippen LogP contribution in [0.2, 0.25) is 9.36 Å². The molecule has 108 valence electrons. The largest absolute Gasteiger partial charge is 0.399 e. The Hall–Kier alpha value is -0.790. The monoisotopic (exact) mass is 350 g/mol. The minimum atomic E-state index is -3.64. The molecule has 20 heavy (non-hydrogen) atoms. The number of nitrogen functional groups attached to an aromatic ring is 1. The van der Waals surface area contributed by atoms with Crippen LogP contribution in [0.3, 0.4) is 0 Å². The van der Waals surface area contributed by atoms with Gasteiger partial charge in [0.1, 0.15) is 4.90 Å². The second kappa shape index (κ2) is 6.32. The molecule has 0 saturated heterocycles. The summed E-state index contributed by atoms with van der Waals surface area (Å²) in [6, 6.07) is 7.96. The number of anilines is 1. The average Bonchev–Trinajstić information content (AvgIpc) is 2.74. The maximum Gasteiger partial charge on any atom is 0.242 e. The molecule has 0 atom stereocenters. The van der Waals surface area contributed by atoms with Gasteiger partial charge in [-0.15, -0.1) is 11.3 Å². The Labute approximate surface area is 131 Å². The molecule has 4 nitrogen and oxygen atoms in total. The zero-order valence-corrected chi connectivity index (χ0v) is 13.4. The Balaban J connectivity index is 2.04. The van der Waals surface area contributed by atoms with E-state index in [2.05, 4.69) is 4.72 Å². The highest BCUT2D eigenvalue weighted by Crippen LogP contribution is 2.24. The van der Waals surface area contributed by atoms with E-state index in [1.807, 2.05) is 6.07 Å². The van der Waals surface area contributed by atoms with Gasteiger partial charge in [-0.05, 0) is 36.8 Å². The molecule has 2 rings (SSSR count). The summed E-state index contributed by atoms with van der Waals surface area (Å²) in [4.78, 5) is 1.04.